The summed E-state index contributed by atoms with van der Waals surface area (Å²) in [6, 6.07) is -0.557. The maximum atomic E-state index is 13.5. The fourth-order valence-corrected chi connectivity index (χ4v) is 8.19. The maximum absolute atomic E-state index is 13.5. The second kappa shape index (κ2) is 16.5. The Kier molecular flexibility index (Phi) is 12.4. The van der Waals surface area contributed by atoms with E-state index in [9.17, 15) is 14.7 Å². The van der Waals surface area contributed by atoms with Crippen LogP contribution in [0.3, 0.4) is 0 Å². The van der Waals surface area contributed by atoms with E-state index in [0.717, 1.165) is 81.3 Å². The summed E-state index contributed by atoms with van der Waals surface area (Å²) in [6.45, 7) is 18.9. The topological polar surface area (TPSA) is 131 Å². The van der Waals surface area contributed by atoms with E-state index in [1.807, 2.05) is 38.2 Å². The molecule has 1 saturated heterocycles. The van der Waals surface area contributed by atoms with Gasteiger partial charge in [0.1, 0.15) is 18.3 Å². The number of aliphatic hydroxyl groups is 1. The molecule has 53 heavy (non-hydrogen) atoms. The van der Waals surface area contributed by atoms with Gasteiger partial charge in [0.15, 0.2) is 0 Å². The van der Waals surface area contributed by atoms with E-state index < -0.39 is 17.9 Å². The van der Waals surface area contributed by atoms with Crippen molar-refractivity contribution in [1.29, 1.82) is 0 Å². The van der Waals surface area contributed by atoms with E-state index in [4.69, 9.17) is 24.8 Å². The third-order valence-electron chi connectivity index (χ3n) is 11.3. The van der Waals surface area contributed by atoms with Gasteiger partial charge >= 0.3 is 35.0 Å². The number of aromatic amines is 1. The normalized spacial score (nSPS) is 22.5. The Morgan fingerprint density at radius 2 is 1.72 bits per heavy atom. The first-order valence-corrected chi connectivity index (χ1v) is 18.6. The summed E-state index contributed by atoms with van der Waals surface area (Å²) in [4.78, 5) is 40.4. The van der Waals surface area contributed by atoms with E-state index in [1.54, 1.807) is 0 Å². The maximum Gasteiger partial charge on any atom is 2.00 e. The van der Waals surface area contributed by atoms with E-state index in [2.05, 4.69) is 52.3 Å². The van der Waals surface area contributed by atoms with E-state index >= 15 is 0 Å². The molecule has 1 unspecified atom stereocenters. The number of esters is 2. The van der Waals surface area contributed by atoms with Gasteiger partial charge in [-0.2, -0.15) is 5.70 Å². The zero-order valence-electron chi connectivity index (χ0n) is 32.5. The van der Waals surface area contributed by atoms with Crippen LogP contribution in [0.15, 0.2) is 23.9 Å². The van der Waals surface area contributed by atoms with Crippen molar-refractivity contribution in [2.75, 3.05) is 13.7 Å². The summed E-state index contributed by atoms with van der Waals surface area (Å²) in [5, 5.41) is 20.1. The molecule has 2 aliphatic heterocycles. The molecule has 0 spiro atoms. The molecule has 9 nitrogen and oxygen atoms in total. The molecule has 3 aromatic rings. The molecule has 0 amide bonds. The number of hydrogen-bond acceptors (Lipinski definition) is 5. The molecule has 3 aromatic heterocycles. The number of ether oxygens (including phenoxy) is 2. The number of unbranched alkanes of at least 4 members (excludes halogenated alkanes) is 1. The van der Waals surface area contributed by atoms with Gasteiger partial charge < -0.3 is 34.8 Å². The number of fused-ring (bicyclic) bond motifs is 8. The molecule has 2 N–H and O–H groups in total. The number of rotatable bonds is 11. The number of nitrogens with one attached hydrogen (secondary N) is 1. The molecular weight excluding hydrogens is 677 g/mol. The smallest absolute Gasteiger partial charge is 0.681 e. The van der Waals surface area contributed by atoms with Gasteiger partial charge in [-0.05, 0) is 88.0 Å². The molecule has 0 saturated carbocycles. The van der Waals surface area contributed by atoms with Gasteiger partial charge in [0.05, 0.1) is 7.11 Å². The summed E-state index contributed by atoms with van der Waals surface area (Å²) in [5.74, 6) is -2.30. The monoisotopic (exact) mass is 727 g/mol. The average molecular weight is 728 g/mol. The van der Waals surface area contributed by atoms with Crippen LogP contribution in [0.5, 0.6) is 0 Å². The van der Waals surface area contributed by atoms with Gasteiger partial charge in [0.2, 0.25) is 0 Å². The van der Waals surface area contributed by atoms with Crippen molar-refractivity contribution in [1.82, 2.24) is 15.0 Å². The average Bonchev–Trinajstić information content (AvgIpc) is 3.86. The Labute approximate surface area is 328 Å². The van der Waals surface area contributed by atoms with Gasteiger partial charge in [-0.1, -0.05) is 86.4 Å². The Balaban J connectivity index is 0.00000541. The molecule has 0 aromatic carbocycles. The summed E-state index contributed by atoms with van der Waals surface area (Å²) in [7, 11) is 1.33. The van der Waals surface area contributed by atoms with Crippen molar-refractivity contribution in [2.24, 2.45) is 17.8 Å². The molecule has 3 aliphatic rings. The van der Waals surface area contributed by atoms with Crippen molar-refractivity contribution in [3.8, 4) is 0 Å². The first-order valence-electron chi connectivity index (χ1n) is 18.6. The van der Waals surface area contributed by atoms with Crippen LogP contribution in [0.25, 0.3) is 41.0 Å². The van der Waals surface area contributed by atoms with Gasteiger partial charge in [0.25, 0.3) is 0 Å². The predicted octanol–water partition coefficient (Wildman–Crippen LogP) is 4.78. The van der Waals surface area contributed by atoms with Crippen molar-refractivity contribution in [3.05, 3.63) is 95.4 Å². The molecular formula is C43H51MgN4O5-. The molecule has 276 valence electrons. The largest absolute Gasteiger partial charge is 2.00 e. The van der Waals surface area contributed by atoms with Crippen LogP contribution in [0.2, 0.25) is 0 Å². The molecule has 4 atom stereocenters. The van der Waals surface area contributed by atoms with Crippen molar-refractivity contribution >= 4 is 70.6 Å². The number of aromatic nitrogens is 3. The number of H-pyrrole nitrogens is 1. The fourth-order valence-electron chi connectivity index (χ4n) is 8.19. The van der Waals surface area contributed by atoms with Crippen molar-refractivity contribution < 1.29 is 24.2 Å². The van der Waals surface area contributed by atoms with Crippen LogP contribution in [-0.4, -0.2) is 64.8 Å². The van der Waals surface area contributed by atoms with Crippen LogP contribution in [0, 0.1) is 38.5 Å². The zero-order chi connectivity index (χ0) is 37.4. The van der Waals surface area contributed by atoms with Gasteiger partial charge in [-0.25, -0.2) is 0 Å². The molecule has 10 heteroatoms. The van der Waals surface area contributed by atoms with E-state index in [-0.39, 0.29) is 59.6 Å². The molecule has 0 radical (unpaired) electrons. The number of carbonyl (C=O) groups is 2. The van der Waals surface area contributed by atoms with Gasteiger partial charge in [-0.15, -0.1) is 22.4 Å². The number of hydrogen-bond donors (Lipinski definition) is 2. The Morgan fingerprint density at radius 3 is 2.40 bits per heavy atom. The SMILES string of the molecule is C=Cc1c2[n-]c(c1C)/C=C1\[N-]C(C3=c4[n-]c(c(C)c4=C(O)[C@@H]3C(=O)OC)/C=c3\[nH]/c(c(C)c3CC)=C\2)[C@@H](CCC(=O)OC/C=C(\C)CCCC)[C@@H]1C.[Mg+2]. The number of carbonyl (C=O) groups excluding carboxylic acids is 2. The number of allylic oxidation sites excluding steroid dienone is 2. The van der Waals surface area contributed by atoms with Crippen LogP contribution < -0.4 is 31.2 Å². The second-order valence-corrected chi connectivity index (χ2v) is 14.4. The minimum absolute atomic E-state index is 0. The van der Waals surface area contributed by atoms with Crippen LogP contribution in [0.4, 0.5) is 0 Å². The second-order valence-electron chi connectivity index (χ2n) is 14.4. The summed E-state index contributed by atoms with van der Waals surface area (Å²) in [6.07, 6.45) is 14.6. The zero-order valence-corrected chi connectivity index (χ0v) is 33.9. The third kappa shape index (κ3) is 7.37. The van der Waals surface area contributed by atoms with Crippen LogP contribution >= 0.6 is 0 Å². The Hall–Kier alpha value is -4.15. The number of aliphatic hydroxyl groups excluding tert-OH is 1. The van der Waals surface area contributed by atoms with Crippen molar-refractivity contribution in [2.45, 2.75) is 93.0 Å². The number of methoxy groups -OCH3 is 1. The Bertz CT molecular complexity index is 2250. The molecule has 1 aliphatic carbocycles. The quantitative estimate of drug-likeness (QED) is 0.165. The molecule has 6 rings (SSSR count). The summed E-state index contributed by atoms with van der Waals surface area (Å²) < 4.78 is 10.9. The van der Waals surface area contributed by atoms with Crippen LogP contribution in [-0.2, 0) is 25.5 Å². The summed E-state index contributed by atoms with van der Waals surface area (Å²) in [5.41, 5.74) is 9.93. The van der Waals surface area contributed by atoms with E-state index in [1.165, 1.54) is 12.7 Å². The van der Waals surface area contributed by atoms with Crippen LogP contribution in [0.1, 0.15) is 105 Å². The first kappa shape index (κ1) is 40.0. The van der Waals surface area contributed by atoms with E-state index in [0.29, 0.717) is 28.3 Å². The fraction of sp³-hybridized carbons (Fsp3) is 0.442. The predicted molar refractivity (Wildman–Crippen MR) is 212 cm³/mol. The first-order chi connectivity index (χ1) is 24.9. The molecule has 1 fully saturated rings. The van der Waals surface area contributed by atoms with Gasteiger partial charge in [-0.3, -0.25) is 9.59 Å². The van der Waals surface area contributed by atoms with Gasteiger partial charge in [0, 0.05) is 22.3 Å². The minimum atomic E-state index is -1.06. The third-order valence-corrected chi connectivity index (χ3v) is 11.3. The molecule has 8 bridgehead atoms. The Morgan fingerprint density at radius 1 is 1.00 bits per heavy atom. The summed E-state index contributed by atoms with van der Waals surface area (Å²) >= 11 is 0. The standard InChI is InChI=1S/C43H51N4O5.Mg/c1-10-13-14-22(4)17-18-52-36(48)16-15-29-25(7)32-19-30-23(5)27(11-2)34(44-30)20-31-24(6)28(12-3)35(45-31)21-33-26(8)37-41(47-33)38(40(29)46-32)39(42(37)49)43(50)51-9;/h11,17,19-21,25,29,39-40,45,49H,2,10,12-16,18H2,1,3-9H3;/q-3;+2/b22-17+,31-20-,32-19-,35-21-;/t25-,29-,39+,40?;/m0./s1. The molecule has 5 heterocycles. The van der Waals surface area contributed by atoms with Crippen molar-refractivity contribution in [3.63, 3.8) is 0 Å². The minimum Gasteiger partial charge on any atom is -0.681 e. The number of nitrogens with zero attached hydrogens (tertiary/aromatic N) is 3.